The number of nitrogens with one attached hydrogen (secondary N) is 1. The molecule has 2 aromatic carbocycles. The number of nitrogens with zero attached hydrogens (tertiary/aromatic N) is 1. The maximum Gasteiger partial charge on any atom is 0.307 e. The Bertz CT molecular complexity index is 1150. The highest BCUT2D eigenvalue weighted by Gasteiger charge is 2.39. The highest BCUT2D eigenvalue weighted by molar-refractivity contribution is 6.36. The van der Waals surface area contributed by atoms with Gasteiger partial charge in [-0.25, -0.2) is 0 Å². The Morgan fingerprint density at radius 2 is 2.07 bits per heavy atom. The maximum absolute atomic E-state index is 13.3. The second-order valence-electron chi connectivity index (χ2n) is 7.83. The fourth-order valence-electron chi connectivity index (χ4n) is 4.10. The van der Waals surface area contributed by atoms with Crippen LogP contribution in [0.2, 0.25) is 5.02 Å². The number of hydrogen-bond donors (Lipinski definition) is 2. The Kier molecular flexibility index (Phi) is 5.30. The fourth-order valence-corrected chi connectivity index (χ4v) is 4.32. The van der Waals surface area contributed by atoms with Crippen LogP contribution in [0, 0.1) is 6.92 Å². The SMILES string of the molecule is Cc1ccc2c(cc(C(=O)NC3(c4cccc(CC(=O)O)c4)CCOC3)n2C)c1Cl. The van der Waals surface area contributed by atoms with Crippen LogP contribution in [0.5, 0.6) is 0 Å². The number of aromatic nitrogens is 1. The molecule has 1 aliphatic heterocycles. The van der Waals surface area contributed by atoms with Crippen molar-refractivity contribution in [2.45, 2.75) is 25.3 Å². The van der Waals surface area contributed by atoms with Crippen molar-refractivity contribution in [1.29, 1.82) is 0 Å². The van der Waals surface area contributed by atoms with Gasteiger partial charge in [0.05, 0.1) is 23.6 Å². The van der Waals surface area contributed by atoms with Crippen molar-refractivity contribution in [3.8, 4) is 0 Å². The van der Waals surface area contributed by atoms with Crippen molar-refractivity contribution in [1.82, 2.24) is 9.88 Å². The smallest absolute Gasteiger partial charge is 0.307 e. The van der Waals surface area contributed by atoms with Gasteiger partial charge < -0.3 is 19.7 Å². The molecule has 0 saturated carbocycles. The molecule has 1 amide bonds. The van der Waals surface area contributed by atoms with Crippen molar-refractivity contribution in [3.63, 3.8) is 0 Å². The van der Waals surface area contributed by atoms with Gasteiger partial charge in [-0.1, -0.05) is 41.9 Å². The molecule has 1 unspecified atom stereocenters. The van der Waals surface area contributed by atoms with Gasteiger partial charge >= 0.3 is 5.97 Å². The third-order valence-corrected chi connectivity index (χ3v) is 6.30. The van der Waals surface area contributed by atoms with Crippen molar-refractivity contribution < 1.29 is 19.4 Å². The van der Waals surface area contributed by atoms with Crippen LogP contribution in [0.3, 0.4) is 0 Å². The topological polar surface area (TPSA) is 80.6 Å². The lowest BCUT2D eigenvalue weighted by Crippen LogP contribution is -2.47. The number of amides is 1. The average molecular weight is 427 g/mol. The molecule has 1 atom stereocenters. The maximum atomic E-state index is 13.3. The summed E-state index contributed by atoms with van der Waals surface area (Å²) in [7, 11) is 1.84. The van der Waals surface area contributed by atoms with Crippen LogP contribution in [0.15, 0.2) is 42.5 Å². The predicted octanol–water partition coefficient (Wildman–Crippen LogP) is 3.81. The highest BCUT2D eigenvalue weighted by Crippen LogP contribution is 2.33. The van der Waals surface area contributed by atoms with Crippen LogP contribution in [-0.2, 0) is 28.5 Å². The minimum atomic E-state index is -0.893. The molecule has 2 heterocycles. The molecule has 1 aliphatic rings. The molecule has 1 aromatic heterocycles. The molecule has 1 saturated heterocycles. The summed E-state index contributed by atoms with van der Waals surface area (Å²) in [6.07, 6.45) is 0.541. The first kappa shape index (κ1) is 20.4. The number of halogens is 1. The van der Waals surface area contributed by atoms with E-state index in [1.165, 1.54) is 0 Å². The summed E-state index contributed by atoms with van der Waals surface area (Å²) in [5, 5.41) is 13.8. The van der Waals surface area contributed by atoms with E-state index in [4.69, 9.17) is 21.4 Å². The summed E-state index contributed by atoms with van der Waals surface area (Å²) in [5.41, 5.74) is 3.17. The molecule has 0 aliphatic carbocycles. The van der Waals surface area contributed by atoms with E-state index in [2.05, 4.69) is 5.32 Å². The van der Waals surface area contributed by atoms with Crippen LogP contribution < -0.4 is 5.32 Å². The number of carboxylic acid groups (broad SMARTS) is 1. The van der Waals surface area contributed by atoms with Crippen molar-refractivity contribution in [3.05, 3.63) is 69.9 Å². The molecule has 156 valence electrons. The zero-order valence-corrected chi connectivity index (χ0v) is 17.6. The van der Waals surface area contributed by atoms with Gasteiger partial charge in [0, 0.05) is 31.0 Å². The molecule has 3 aromatic rings. The lowest BCUT2D eigenvalue weighted by atomic mass is 9.87. The van der Waals surface area contributed by atoms with E-state index >= 15 is 0 Å². The van der Waals surface area contributed by atoms with Gasteiger partial charge in [-0.15, -0.1) is 0 Å². The summed E-state index contributed by atoms with van der Waals surface area (Å²) in [5.74, 6) is -1.12. The van der Waals surface area contributed by atoms with E-state index in [9.17, 15) is 9.59 Å². The standard InChI is InChI=1S/C23H23ClN2O4/c1-14-6-7-18-17(21(14)24)12-19(26(18)2)22(29)25-23(8-9-30-13-23)16-5-3-4-15(10-16)11-20(27)28/h3-7,10,12H,8-9,11,13H2,1-2H3,(H,25,29)(H,27,28). The summed E-state index contributed by atoms with van der Waals surface area (Å²) in [4.78, 5) is 24.4. The van der Waals surface area contributed by atoms with E-state index in [-0.39, 0.29) is 12.3 Å². The van der Waals surface area contributed by atoms with E-state index in [1.54, 1.807) is 6.07 Å². The van der Waals surface area contributed by atoms with Gasteiger partial charge in [0.1, 0.15) is 5.69 Å². The summed E-state index contributed by atoms with van der Waals surface area (Å²) >= 11 is 6.46. The number of aryl methyl sites for hydroxylation is 2. The van der Waals surface area contributed by atoms with Crippen LogP contribution >= 0.6 is 11.6 Å². The van der Waals surface area contributed by atoms with Crippen molar-refractivity contribution in [2.75, 3.05) is 13.2 Å². The largest absolute Gasteiger partial charge is 0.481 e. The molecule has 0 bridgehead atoms. The zero-order chi connectivity index (χ0) is 21.5. The van der Waals surface area contributed by atoms with Crippen molar-refractivity contribution in [2.24, 2.45) is 7.05 Å². The van der Waals surface area contributed by atoms with E-state index in [1.807, 2.05) is 54.9 Å². The third-order valence-electron chi connectivity index (χ3n) is 5.80. The minimum absolute atomic E-state index is 0.0697. The molecule has 4 rings (SSSR count). The first-order valence-corrected chi connectivity index (χ1v) is 10.1. The van der Waals surface area contributed by atoms with Crippen LogP contribution in [-0.4, -0.2) is 34.8 Å². The fraction of sp³-hybridized carbons (Fsp3) is 0.304. The summed E-state index contributed by atoms with van der Waals surface area (Å²) in [6.45, 7) is 2.78. The monoisotopic (exact) mass is 426 g/mol. The summed E-state index contributed by atoms with van der Waals surface area (Å²) < 4.78 is 7.47. The quantitative estimate of drug-likeness (QED) is 0.650. The second kappa shape index (κ2) is 7.78. The Labute approximate surface area is 179 Å². The Balaban J connectivity index is 1.70. The molecule has 30 heavy (non-hydrogen) atoms. The normalized spacial score (nSPS) is 18.6. The van der Waals surface area contributed by atoms with E-state index in [0.717, 1.165) is 22.0 Å². The number of aliphatic carboxylic acids is 1. The number of ether oxygens (including phenoxy) is 1. The number of carbonyl (C=O) groups is 2. The number of carbonyl (C=O) groups excluding carboxylic acids is 1. The number of fused-ring (bicyclic) bond motifs is 1. The molecule has 6 nitrogen and oxygen atoms in total. The number of hydrogen-bond acceptors (Lipinski definition) is 3. The predicted molar refractivity (Wildman–Crippen MR) is 115 cm³/mol. The van der Waals surface area contributed by atoms with Gasteiger partial charge in [-0.2, -0.15) is 0 Å². The highest BCUT2D eigenvalue weighted by atomic mass is 35.5. The second-order valence-corrected chi connectivity index (χ2v) is 8.21. The molecule has 0 spiro atoms. The van der Waals surface area contributed by atoms with Gasteiger partial charge in [0.2, 0.25) is 0 Å². The molecule has 2 N–H and O–H groups in total. The van der Waals surface area contributed by atoms with Gasteiger partial charge in [-0.05, 0) is 35.7 Å². The molecular weight excluding hydrogens is 404 g/mol. The van der Waals surface area contributed by atoms with Gasteiger partial charge in [-0.3, -0.25) is 9.59 Å². The van der Waals surface area contributed by atoms with Crippen LogP contribution in [0.1, 0.15) is 33.6 Å². The summed E-state index contributed by atoms with van der Waals surface area (Å²) in [6, 6.07) is 13.0. The number of carboxylic acids is 1. The van der Waals surface area contributed by atoms with Crippen LogP contribution in [0.25, 0.3) is 10.9 Å². The molecule has 1 fully saturated rings. The van der Waals surface area contributed by atoms with Crippen molar-refractivity contribution >= 4 is 34.4 Å². The lowest BCUT2D eigenvalue weighted by Gasteiger charge is -2.30. The molecule has 7 heteroatoms. The van der Waals surface area contributed by atoms with Crippen LogP contribution in [0.4, 0.5) is 0 Å². The first-order valence-electron chi connectivity index (χ1n) is 9.77. The van der Waals surface area contributed by atoms with Gasteiger partial charge in [0.25, 0.3) is 5.91 Å². The van der Waals surface area contributed by atoms with E-state index < -0.39 is 11.5 Å². The zero-order valence-electron chi connectivity index (χ0n) is 16.9. The number of benzene rings is 2. The average Bonchev–Trinajstić information content (AvgIpc) is 3.30. The Hall–Kier alpha value is -2.83. The van der Waals surface area contributed by atoms with E-state index in [0.29, 0.717) is 35.9 Å². The Morgan fingerprint density at radius 1 is 1.27 bits per heavy atom. The first-order chi connectivity index (χ1) is 14.3. The lowest BCUT2D eigenvalue weighted by molar-refractivity contribution is -0.136. The third kappa shape index (κ3) is 3.57. The molecule has 0 radical (unpaired) electrons. The Morgan fingerprint density at radius 3 is 2.77 bits per heavy atom. The number of rotatable bonds is 5. The molecular formula is C23H23ClN2O4. The van der Waals surface area contributed by atoms with Gasteiger partial charge in [0.15, 0.2) is 0 Å². The minimum Gasteiger partial charge on any atom is -0.481 e.